The predicted octanol–water partition coefficient (Wildman–Crippen LogP) is 1.79. The maximum atomic E-state index is 13.2. The van der Waals surface area contributed by atoms with E-state index in [0.29, 0.717) is 17.8 Å². The van der Waals surface area contributed by atoms with Gasteiger partial charge in [0.1, 0.15) is 17.5 Å². The Labute approximate surface area is 117 Å². The second-order valence-corrected chi connectivity index (χ2v) is 4.81. The van der Waals surface area contributed by atoms with E-state index in [-0.39, 0.29) is 11.7 Å². The van der Waals surface area contributed by atoms with Crippen molar-refractivity contribution in [1.29, 1.82) is 5.41 Å². The van der Waals surface area contributed by atoms with Crippen molar-refractivity contribution in [1.82, 2.24) is 9.78 Å². The minimum absolute atomic E-state index is 0.0170. The molecule has 2 rings (SSSR count). The standard InChI is InChI=1S/C14H18FN5/c1-9-12(13(16)17)14(20(3)18-9)19(2)8-10-5-4-6-11(15)7-10/h4-7H,8H2,1-3H3,(H3,16,17). The van der Waals surface area contributed by atoms with Crippen LogP contribution >= 0.6 is 0 Å². The largest absolute Gasteiger partial charge is 0.384 e. The van der Waals surface area contributed by atoms with Crippen LogP contribution in [-0.2, 0) is 13.6 Å². The number of anilines is 1. The molecule has 20 heavy (non-hydrogen) atoms. The van der Waals surface area contributed by atoms with Crippen LogP contribution < -0.4 is 10.6 Å². The van der Waals surface area contributed by atoms with Crippen LogP contribution in [0, 0.1) is 18.2 Å². The molecule has 1 heterocycles. The lowest BCUT2D eigenvalue weighted by atomic mass is 10.2. The van der Waals surface area contributed by atoms with Gasteiger partial charge in [0.05, 0.1) is 11.3 Å². The van der Waals surface area contributed by atoms with E-state index < -0.39 is 0 Å². The quantitative estimate of drug-likeness (QED) is 0.660. The Kier molecular flexibility index (Phi) is 3.74. The van der Waals surface area contributed by atoms with Gasteiger partial charge < -0.3 is 10.6 Å². The number of rotatable bonds is 4. The lowest BCUT2D eigenvalue weighted by Crippen LogP contribution is -2.23. The second kappa shape index (κ2) is 5.32. The molecule has 1 aromatic heterocycles. The first-order valence-electron chi connectivity index (χ1n) is 6.23. The molecule has 0 saturated heterocycles. The molecule has 0 aliphatic heterocycles. The topological polar surface area (TPSA) is 70.9 Å². The van der Waals surface area contributed by atoms with E-state index in [4.69, 9.17) is 11.1 Å². The Hall–Kier alpha value is -2.37. The van der Waals surface area contributed by atoms with Crippen LogP contribution in [0.3, 0.4) is 0 Å². The van der Waals surface area contributed by atoms with Gasteiger partial charge in [0.2, 0.25) is 0 Å². The van der Waals surface area contributed by atoms with E-state index in [1.807, 2.05) is 24.9 Å². The third-order valence-electron chi connectivity index (χ3n) is 3.13. The molecule has 5 nitrogen and oxygen atoms in total. The molecule has 0 atom stereocenters. The first kappa shape index (κ1) is 14.0. The van der Waals surface area contributed by atoms with Gasteiger partial charge in [-0.25, -0.2) is 4.39 Å². The van der Waals surface area contributed by atoms with Gasteiger partial charge in [0, 0.05) is 20.6 Å². The second-order valence-electron chi connectivity index (χ2n) is 4.81. The van der Waals surface area contributed by atoms with Crippen molar-refractivity contribution in [2.24, 2.45) is 12.8 Å². The van der Waals surface area contributed by atoms with Crippen LogP contribution in [0.4, 0.5) is 10.2 Å². The molecule has 0 amide bonds. The highest BCUT2D eigenvalue weighted by Crippen LogP contribution is 2.23. The SMILES string of the molecule is Cc1nn(C)c(N(C)Cc2cccc(F)c2)c1C(=N)N. The molecule has 6 heteroatoms. The van der Waals surface area contributed by atoms with E-state index >= 15 is 0 Å². The molecule has 0 unspecified atom stereocenters. The van der Waals surface area contributed by atoms with E-state index in [9.17, 15) is 4.39 Å². The number of hydrogen-bond donors (Lipinski definition) is 2. The summed E-state index contributed by atoms with van der Waals surface area (Å²) >= 11 is 0. The Morgan fingerprint density at radius 3 is 2.80 bits per heavy atom. The molecule has 0 aliphatic carbocycles. The molecule has 3 N–H and O–H groups in total. The zero-order valence-corrected chi connectivity index (χ0v) is 11.8. The van der Waals surface area contributed by atoms with Gasteiger partial charge in [0.15, 0.2) is 0 Å². The van der Waals surface area contributed by atoms with Crippen molar-refractivity contribution in [3.63, 3.8) is 0 Å². The Balaban J connectivity index is 2.34. The maximum absolute atomic E-state index is 13.2. The zero-order chi connectivity index (χ0) is 14.9. The summed E-state index contributed by atoms with van der Waals surface area (Å²) in [6.45, 7) is 2.33. The van der Waals surface area contributed by atoms with Gasteiger partial charge in [-0.05, 0) is 24.6 Å². The van der Waals surface area contributed by atoms with Crippen molar-refractivity contribution >= 4 is 11.7 Å². The molecule has 106 valence electrons. The van der Waals surface area contributed by atoms with E-state index in [1.165, 1.54) is 12.1 Å². The van der Waals surface area contributed by atoms with Crippen LogP contribution in [0.2, 0.25) is 0 Å². The van der Waals surface area contributed by atoms with E-state index in [2.05, 4.69) is 5.10 Å². The molecule has 0 bridgehead atoms. The summed E-state index contributed by atoms with van der Waals surface area (Å²) in [6.07, 6.45) is 0. The van der Waals surface area contributed by atoms with Gasteiger partial charge in [-0.3, -0.25) is 10.1 Å². The Morgan fingerprint density at radius 2 is 2.20 bits per heavy atom. The molecule has 0 aliphatic rings. The number of aryl methyl sites for hydroxylation is 2. The van der Waals surface area contributed by atoms with Crippen LogP contribution in [-0.4, -0.2) is 22.7 Å². The van der Waals surface area contributed by atoms with E-state index in [0.717, 1.165) is 11.4 Å². The number of nitrogens with two attached hydrogens (primary N) is 1. The highest BCUT2D eigenvalue weighted by Gasteiger charge is 2.19. The monoisotopic (exact) mass is 275 g/mol. The lowest BCUT2D eigenvalue weighted by molar-refractivity contribution is 0.624. The Morgan fingerprint density at radius 1 is 1.50 bits per heavy atom. The number of nitrogens with one attached hydrogen (secondary N) is 1. The number of halogens is 1. The summed E-state index contributed by atoms with van der Waals surface area (Å²) in [6, 6.07) is 6.45. The number of nitrogens with zero attached hydrogens (tertiary/aromatic N) is 3. The van der Waals surface area contributed by atoms with Gasteiger partial charge in [-0.2, -0.15) is 5.10 Å². The molecule has 0 spiro atoms. The summed E-state index contributed by atoms with van der Waals surface area (Å²) < 4.78 is 14.9. The van der Waals surface area contributed by atoms with Gasteiger partial charge in [-0.15, -0.1) is 0 Å². The fourth-order valence-corrected chi connectivity index (χ4v) is 2.38. The Bertz CT molecular complexity index is 647. The third kappa shape index (κ3) is 2.64. The lowest BCUT2D eigenvalue weighted by Gasteiger charge is -2.21. The van der Waals surface area contributed by atoms with Crippen LogP contribution in [0.25, 0.3) is 0 Å². The van der Waals surface area contributed by atoms with Crippen LogP contribution in [0.15, 0.2) is 24.3 Å². The number of nitrogen functional groups attached to an aromatic ring is 1. The zero-order valence-electron chi connectivity index (χ0n) is 11.8. The summed E-state index contributed by atoms with van der Waals surface area (Å²) in [5.74, 6) is 0.472. The van der Waals surface area contributed by atoms with Crippen LogP contribution in [0.5, 0.6) is 0 Å². The fraction of sp³-hybridized carbons (Fsp3) is 0.286. The normalized spacial score (nSPS) is 10.6. The van der Waals surface area contributed by atoms with E-state index in [1.54, 1.807) is 17.8 Å². The number of aromatic nitrogens is 2. The van der Waals surface area contributed by atoms with Crippen molar-refractivity contribution in [2.45, 2.75) is 13.5 Å². The van der Waals surface area contributed by atoms with Crippen molar-refractivity contribution in [2.75, 3.05) is 11.9 Å². The molecule has 0 saturated carbocycles. The summed E-state index contributed by atoms with van der Waals surface area (Å²) in [5.41, 5.74) is 7.80. The van der Waals surface area contributed by atoms with Gasteiger partial charge >= 0.3 is 0 Å². The smallest absolute Gasteiger partial charge is 0.137 e. The molecule has 1 aromatic carbocycles. The highest BCUT2D eigenvalue weighted by atomic mass is 19.1. The molecule has 2 aromatic rings. The number of hydrogen-bond acceptors (Lipinski definition) is 3. The molecular weight excluding hydrogens is 257 g/mol. The van der Waals surface area contributed by atoms with Crippen LogP contribution in [0.1, 0.15) is 16.8 Å². The minimum atomic E-state index is -0.260. The average molecular weight is 275 g/mol. The summed E-state index contributed by atoms with van der Waals surface area (Å²) in [4.78, 5) is 1.91. The first-order valence-corrected chi connectivity index (χ1v) is 6.23. The maximum Gasteiger partial charge on any atom is 0.137 e. The number of amidine groups is 1. The van der Waals surface area contributed by atoms with Gasteiger partial charge in [0.25, 0.3) is 0 Å². The number of benzene rings is 1. The van der Waals surface area contributed by atoms with Gasteiger partial charge in [-0.1, -0.05) is 12.1 Å². The fourth-order valence-electron chi connectivity index (χ4n) is 2.38. The molecular formula is C14H18FN5. The first-order chi connectivity index (χ1) is 9.40. The van der Waals surface area contributed by atoms with Crippen molar-refractivity contribution in [3.05, 3.63) is 46.9 Å². The summed E-state index contributed by atoms with van der Waals surface area (Å²) in [5, 5.41) is 12.0. The van der Waals surface area contributed by atoms with Crippen molar-refractivity contribution in [3.8, 4) is 0 Å². The third-order valence-corrected chi connectivity index (χ3v) is 3.13. The molecule has 0 fully saturated rings. The predicted molar refractivity (Wildman–Crippen MR) is 77.5 cm³/mol. The average Bonchev–Trinajstić information content (AvgIpc) is 2.64. The summed E-state index contributed by atoms with van der Waals surface area (Å²) in [7, 11) is 3.67. The minimum Gasteiger partial charge on any atom is -0.384 e. The molecule has 0 radical (unpaired) electrons. The van der Waals surface area contributed by atoms with Crippen molar-refractivity contribution < 1.29 is 4.39 Å². The highest BCUT2D eigenvalue weighted by molar-refractivity contribution is 6.00.